The Morgan fingerprint density at radius 3 is 2.54 bits per heavy atom. The number of benzene rings is 1. The minimum atomic E-state index is -0.493. The van der Waals surface area contributed by atoms with Crippen LogP contribution in [-0.2, 0) is 15.1 Å². The number of hydrogen-bond acceptors (Lipinski definition) is 3. The Balaban J connectivity index is 2.05. The molecule has 7 heteroatoms. The molecule has 2 heterocycles. The fraction of sp³-hybridized carbons (Fsp3) is 0.211. The van der Waals surface area contributed by atoms with E-state index in [1.165, 1.54) is 4.90 Å². The first-order valence-electron chi connectivity index (χ1n) is 8.03. The Bertz CT molecular complexity index is 940. The van der Waals surface area contributed by atoms with E-state index in [-0.39, 0.29) is 16.2 Å². The van der Waals surface area contributed by atoms with Gasteiger partial charge in [-0.2, -0.15) is 0 Å². The summed E-state index contributed by atoms with van der Waals surface area (Å²) >= 11 is 8.61. The van der Waals surface area contributed by atoms with Crippen molar-refractivity contribution in [2.45, 2.75) is 26.3 Å². The van der Waals surface area contributed by atoms with Gasteiger partial charge in [-0.15, -0.1) is 0 Å². The topological polar surface area (TPSA) is 54.3 Å². The quantitative estimate of drug-likeness (QED) is 0.446. The van der Waals surface area contributed by atoms with Crippen molar-refractivity contribution >= 4 is 56.8 Å². The van der Waals surface area contributed by atoms with Gasteiger partial charge in [0.05, 0.1) is 5.69 Å². The van der Waals surface area contributed by atoms with Crippen LogP contribution in [0, 0.1) is 0 Å². The van der Waals surface area contributed by atoms with Crippen LogP contribution in [0.5, 0.6) is 0 Å². The third kappa shape index (κ3) is 3.50. The zero-order valence-electron chi connectivity index (χ0n) is 14.6. The Hall–Kier alpha value is -2.25. The summed E-state index contributed by atoms with van der Waals surface area (Å²) in [5, 5.41) is 2.67. The molecular formula is C19H18BrN3O2S. The van der Waals surface area contributed by atoms with Gasteiger partial charge in [-0.25, -0.2) is 0 Å². The highest BCUT2D eigenvalue weighted by Crippen LogP contribution is 2.26. The number of halogens is 1. The predicted molar refractivity (Wildman–Crippen MR) is 110 cm³/mol. The van der Waals surface area contributed by atoms with E-state index >= 15 is 0 Å². The van der Waals surface area contributed by atoms with E-state index in [1.54, 1.807) is 24.3 Å². The molecule has 1 aliphatic rings. The maximum atomic E-state index is 13.0. The van der Waals surface area contributed by atoms with E-state index < -0.39 is 11.8 Å². The average molecular weight is 432 g/mol. The minimum Gasteiger partial charge on any atom is -0.343 e. The van der Waals surface area contributed by atoms with E-state index in [1.807, 2.05) is 29.0 Å². The number of anilines is 1. The number of rotatable bonds is 2. The smallest absolute Gasteiger partial charge is 0.270 e. The molecule has 134 valence electrons. The standard InChI is InChI=1S/C19H18BrN3O2S/c1-19(2,3)22-9-5-8-13(22)11-15-16(24)21-18(26)23(17(15)25)14-7-4-6-12(20)10-14/h4-11H,1-3H3,(H,21,24,26)/b15-11-. The molecule has 0 unspecified atom stereocenters. The number of carbonyl (C=O) groups excluding carboxylic acids is 2. The normalized spacial score (nSPS) is 17.0. The van der Waals surface area contributed by atoms with Crippen LogP contribution >= 0.6 is 28.1 Å². The Kier molecular flexibility index (Phi) is 4.86. The van der Waals surface area contributed by atoms with E-state index in [0.717, 1.165) is 10.2 Å². The molecule has 5 nitrogen and oxygen atoms in total. The second kappa shape index (κ2) is 6.81. The lowest BCUT2D eigenvalue weighted by atomic mass is 10.1. The average Bonchev–Trinajstić information content (AvgIpc) is 3.00. The molecule has 0 atom stereocenters. The molecule has 26 heavy (non-hydrogen) atoms. The summed E-state index contributed by atoms with van der Waals surface area (Å²) in [6, 6.07) is 11.0. The van der Waals surface area contributed by atoms with Crippen molar-refractivity contribution in [2.24, 2.45) is 0 Å². The van der Waals surface area contributed by atoms with Crippen molar-refractivity contribution < 1.29 is 9.59 Å². The molecule has 1 aromatic carbocycles. The first kappa shape index (κ1) is 18.5. The number of thiocarbonyl (C=S) groups is 1. The Labute approximate surface area is 165 Å². The monoisotopic (exact) mass is 431 g/mol. The van der Waals surface area contributed by atoms with Gasteiger partial charge >= 0.3 is 0 Å². The van der Waals surface area contributed by atoms with Crippen molar-refractivity contribution in [3.05, 3.63) is 58.3 Å². The highest BCUT2D eigenvalue weighted by atomic mass is 79.9. The largest absolute Gasteiger partial charge is 0.343 e. The lowest BCUT2D eigenvalue weighted by Gasteiger charge is -2.29. The van der Waals surface area contributed by atoms with Gasteiger partial charge in [0.15, 0.2) is 5.11 Å². The van der Waals surface area contributed by atoms with E-state index in [0.29, 0.717) is 5.69 Å². The summed E-state index contributed by atoms with van der Waals surface area (Å²) in [6.45, 7) is 6.17. The molecular weight excluding hydrogens is 414 g/mol. The minimum absolute atomic E-state index is 0.0442. The molecule has 1 saturated heterocycles. The Morgan fingerprint density at radius 1 is 1.15 bits per heavy atom. The van der Waals surface area contributed by atoms with Gasteiger partial charge < -0.3 is 4.57 Å². The van der Waals surface area contributed by atoms with Gasteiger partial charge in [0, 0.05) is 21.9 Å². The van der Waals surface area contributed by atoms with Crippen LogP contribution < -0.4 is 10.2 Å². The first-order valence-corrected chi connectivity index (χ1v) is 9.23. The van der Waals surface area contributed by atoms with Crippen molar-refractivity contribution in [3.63, 3.8) is 0 Å². The van der Waals surface area contributed by atoms with Crippen LogP contribution in [0.3, 0.4) is 0 Å². The second-order valence-corrected chi connectivity index (χ2v) is 8.21. The molecule has 0 bridgehead atoms. The number of carbonyl (C=O) groups is 2. The third-order valence-corrected chi connectivity index (χ3v) is 4.74. The zero-order chi connectivity index (χ0) is 19.1. The summed E-state index contributed by atoms with van der Waals surface area (Å²) in [5.41, 5.74) is 1.23. The van der Waals surface area contributed by atoms with Gasteiger partial charge in [-0.05, 0) is 69.4 Å². The van der Waals surface area contributed by atoms with Gasteiger partial charge in [-0.1, -0.05) is 22.0 Å². The molecule has 1 aliphatic heterocycles. The lowest BCUT2D eigenvalue weighted by molar-refractivity contribution is -0.122. The molecule has 3 rings (SSSR count). The van der Waals surface area contributed by atoms with E-state index in [9.17, 15) is 9.59 Å². The maximum Gasteiger partial charge on any atom is 0.270 e. The molecule has 2 aromatic rings. The summed E-state index contributed by atoms with van der Waals surface area (Å²) in [4.78, 5) is 26.8. The van der Waals surface area contributed by atoms with Crippen molar-refractivity contribution in [3.8, 4) is 0 Å². The maximum absolute atomic E-state index is 13.0. The molecule has 0 saturated carbocycles. The first-order chi connectivity index (χ1) is 12.2. The predicted octanol–water partition coefficient (Wildman–Crippen LogP) is 3.84. The molecule has 0 radical (unpaired) electrons. The van der Waals surface area contributed by atoms with Crippen molar-refractivity contribution in [2.75, 3.05) is 4.90 Å². The number of nitrogens with zero attached hydrogens (tertiary/aromatic N) is 2. The second-order valence-electron chi connectivity index (χ2n) is 6.91. The summed E-state index contributed by atoms with van der Waals surface area (Å²) < 4.78 is 2.83. The molecule has 1 N–H and O–H groups in total. The number of hydrogen-bond donors (Lipinski definition) is 1. The number of aromatic nitrogens is 1. The summed E-state index contributed by atoms with van der Waals surface area (Å²) in [6.07, 6.45) is 3.53. The highest BCUT2D eigenvalue weighted by Gasteiger charge is 2.35. The molecule has 0 spiro atoms. The van der Waals surface area contributed by atoms with Gasteiger partial charge in [-0.3, -0.25) is 19.8 Å². The van der Waals surface area contributed by atoms with Gasteiger partial charge in [0.25, 0.3) is 11.8 Å². The SMILES string of the molecule is CC(C)(C)n1cccc1/C=C1/C(=O)NC(=S)N(c2cccc(Br)c2)C1=O. The summed E-state index contributed by atoms with van der Waals surface area (Å²) in [7, 11) is 0. The fourth-order valence-electron chi connectivity index (χ4n) is 2.78. The molecule has 0 aliphatic carbocycles. The summed E-state index contributed by atoms with van der Waals surface area (Å²) in [5.74, 6) is -0.939. The highest BCUT2D eigenvalue weighted by molar-refractivity contribution is 9.10. The fourth-order valence-corrected chi connectivity index (χ4v) is 3.45. The van der Waals surface area contributed by atoms with Gasteiger partial charge in [0.2, 0.25) is 0 Å². The number of nitrogens with one attached hydrogen (secondary N) is 1. The van der Waals surface area contributed by atoms with Crippen LogP contribution in [0.2, 0.25) is 0 Å². The zero-order valence-corrected chi connectivity index (χ0v) is 17.0. The van der Waals surface area contributed by atoms with Crippen LogP contribution in [-0.4, -0.2) is 21.5 Å². The third-order valence-electron chi connectivity index (χ3n) is 3.96. The van der Waals surface area contributed by atoms with Crippen LogP contribution in [0.25, 0.3) is 6.08 Å². The van der Waals surface area contributed by atoms with Crippen LogP contribution in [0.1, 0.15) is 26.5 Å². The van der Waals surface area contributed by atoms with Crippen LogP contribution in [0.15, 0.2) is 52.6 Å². The van der Waals surface area contributed by atoms with Gasteiger partial charge in [0.1, 0.15) is 5.57 Å². The van der Waals surface area contributed by atoms with Crippen LogP contribution in [0.4, 0.5) is 5.69 Å². The van der Waals surface area contributed by atoms with Crippen molar-refractivity contribution in [1.29, 1.82) is 0 Å². The van der Waals surface area contributed by atoms with E-state index in [4.69, 9.17) is 12.2 Å². The number of amides is 2. The van der Waals surface area contributed by atoms with Crippen molar-refractivity contribution in [1.82, 2.24) is 9.88 Å². The molecule has 2 amide bonds. The molecule has 1 aromatic heterocycles. The molecule has 1 fully saturated rings. The Morgan fingerprint density at radius 2 is 1.88 bits per heavy atom. The lowest BCUT2D eigenvalue weighted by Crippen LogP contribution is -2.54. The van der Waals surface area contributed by atoms with E-state index in [2.05, 4.69) is 42.0 Å².